The van der Waals surface area contributed by atoms with Crippen molar-refractivity contribution < 1.29 is 9.90 Å². The molecule has 5 nitrogen and oxygen atoms in total. The molecule has 0 fully saturated rings. The highest BCUT2D eigenvalue weighted by atomic mass is 16.3. The van der Waals surface area contributed by atoms with Crippen molar-refractivity contribution in [2.45, 2.75) is 12.5 Å². The molecule has 0 saturated heterocycles. The van der Waals surface area contributed by atoms with E-state index in [1.165, 1.54) is 11.8 Å². The molecule has 2 N–H and O–H groups in total. The first-order chi connectivity index (χ1) is 13.3. The number of nitrogens with one attached hydrogen (secondary N) is 1. The van der Waals surface area contributed by atoms with Gasteiger partial charge in [-0.3, -0.25) is 9.78 Å². The highest BCUT2D eigenvalue weighted by Crippen LogP contribution is 2.15. The van der Waals surface area contributed by atoms with Crippen LogP contribution in [0.4, 0.5) is 0 Å². The lowest BCUT2D eigenvalue weighted by Crippen LogP contribution is -2.36. The molecule has 1 aliphatic rings. The summed E-state index contributed by atoms with van der Waals surface area (Å²) in [5.74, 6) is -0.190. The predicted octanol–water partition coefficient (Wildman–Crippen LogP) is 2.68. The Morgan fingerprint density at radius 1 is 1.26 bits per heavy atom. The van der Waals surface area contributed by atoms with Crippen molar-refractivity contribution in [3.8, 4) is 0 Å². The Bertz CT molecular complexity index is 829. The number of aliphatic hydroxyl groups excluding tert-OH is 1. The van der Waals surface area contributed by atoms with E-state index in [-0.39, 0.29) is 18.6 Å². The molecule has 3 rings (SSSR count). The quantitative estimate of drug-likeness (QED) is 0.796. The zero-order valence-corrected chi connectivity index (χ0v) is 15.0. The molecule has 5 heteroatoms. The van der Waals surface area contributed by atoms with Gasteiger partial charge in [-0.15, -0.1) is 0 Å². The number of hydrogen-bond donors (Lipinski definition) is 2. The van der Waals surface area contributed by atoms with Crippen LogP contribution < -0.4 is 5.32 Å². The van der Waals surface area contributed by atoms with Gasteiger partial charge in [0, 0.05) is 31.3 Å². The SMILES string of the molecule is O=C(NC=CC1=CCN([C@H](CO)Cc2ccccc2)C=C1)c1cccnc1. The lowest BCUT2D eigenvalue weighted by molar-refractivity contribution is 0.0969. The second-order valence-electron chi connectivity index (χ2n) is 6.29. The Hall–Kier alpha value is -3.18. The molecular formula is C22H23N3O2. The third kappa shape index (κ3) is 5.39. The Labute approximate surface area is 159 Å². The van der Waals surface area contributed by atoms with Crippen molar-refractivity contribution in [1.82, 2.24) is 15.2 Å². The summed E-state index contributed by atoms with van der Waals surface area (Å²) in [5.41, 5.74) is 2.74. The highest BCUT2D eigenvalue weighted by molar-refractivity contribution is 5.94. The molecule has 27 heavy (non-hydrogen) atoms. The van der Waals surface area contributed by atoms with Gasteiger partial charge in [-0.2, -0.15) is 0 Å². The summed E-state index contributed by atoms with van der Waals surface area (Å²) in [6.45, 7) is 0.810. The Morgan fingerprint density at radius 3 is 2.78 bits per heavy atom. The van der Waals surface area contributed by atoms with E-state index < -0.39 is 0 Å². The zero-order chi connectivity index (χ0) is 18.9. The first kappa shape index (κ1) is 18.6. The molecule has 1 atom stereocenters. The molecule has 0 saturated carbocycles. The minimum atomic E-state index is -0.190. The third-order valence-electron chi connectivity index (χ3n) is 4.40. The molecule has 0 aliphatic carbocycles. The van der Waals surface area contributed by atoms with Crippen LogP contribution in [-0.4, -0.2) is 40.1 Å². The van der Waals surface area contributed by atoms with E-state index in [1.54, 1.807) is 24.5 Å². The molecule has 2 aromatic rings. The Morgan fingerprint density at radius 2 is 2.11 bits per heavy atom. The summed E-state index contributed by atoms with van der Waals surface area (Å²) in [6.07, 6.45) is 13.5. The number of allylic oxidation sites excluding steroid dienone is 3. The highest BCUT2D eigenvalue weighted by Gasteiger charge is 2.16. The molecule has 2 heterocycles. The molecule has 138 valence electrons. The van der Waals surface area contributed by atoms with E-state index in [9.17, 15) is 9.90 Å². The predicted molar refractivity (Wildman–Crippen MR) is 106 cm³/mol. The molecular weight excluding hydrogens is 338 g/mol. The summed E-state index contributed by atoms with van der Waals surface area (Å²) in [4.78, 5) is 18.0. The monoisotopic (exact) mass is 361 g/mol. The summed E-state index contributed by atoms with van der Waals surface area (Å²) < 4.78 is 0. The van der Waals surface area contributed by atoms with Gasteiger partial charge in [-0.1, -0.05) is 36.4 Å². The number of rotatable bonds is 7. The second kappa shape index (κ2) is 9.50. The van der Waals surface area contributed by atoms with Gasteiger partial charge in [0.25, 0.3) is 5.91 Å². The first-order valence-corrected chi connectivity index (χ1v) is 8.92. The summed E-state index contributed by atoms with van der Waals surface area (Å²) in [5, 5.41) is 12.5. The van der Waals surface area contributed by atoms with E-state index in [1.807, 2.05) is 36.6 Å². The smallest absolute Gasteiger partial charge is 0.256 e. The minimum absolute atomic E-state index is 0.0377. The van der Waals surface area contributed by atoms with Crippen molar-refractivity contribution in [2.24, 2.45) is 0 Å². The maximum atomic E-state index is 12.0. The Kier molecular flexibility index (Phi) is 6.55. The van der Waals surface area contributed by atoms with Crippen molar-refractivity contribution in [3.63, 3.8) is 0 Å². The molecule has 1 amide bonds. The van der Waals surface area contributed by atoms with Crippen LogP contribution >= 0.6 is 0 Å². The van der Waals surface area contributed by atoms with E-state index in [4.69, 9.17) is 0 Å². The van der Waals surface area contributed by atoms with Gasteiger partial charge >= 0.3 is 0 Å². The van der Waals surface area contributed by atoms with Gasteiger partial charge in [0.05, 0.1) is 18.2 Å². The second-order valence-corrected chi connectivity index (χ2v) is 6.29. The van der Waals surface area contributed by atoms with Gasteiger partial charge < -0.3 is 15.3 Å². The number of pyridine rings is 1. The largest absolute Gasteiger partial charge is 0.394 e. The normalized spacial score (nSPS) is 14.9. The summed E-state index contributed by atoms with van der Waals surface area (Å²) in [7, 11) is 0. The fourth-order valence-electron chi connectivity index (χ4n) is 2.88. The van der Waals surface area contributed by atoms with Crippen molar-refractivity contribution in [1.29, 1.82) is 0 Å². The van der Waals surface area contributed by atoms with E-state index in [0.717, 1.165) is 12.0 Å². The zero-order valence-electron chi connectivity index (χ0n) is 15.0. The molecule has 1 aromatic carbocycles. The molecule has 0 unspecified atom stereocenters. The van der Waals surface area contributed by atoms with E-state index in [0.29, 0.717) is 12.1 Å². The molecule has 1 aliphatic heterocycles. The van der Waals surface area contributed by atoms with Crippen LogP contribution in [-0.2, 0) is 6.42 Å². The summed E-state index contributed by atoms with van der Waals surface area (Å²) >= 11 is 0. The number of amides is 1. The Balaban J connectivity index is 1.52. The molecule has 0 spiro atoms. The average Bonchev–Trinajstić information content (AvgIpc) is 2.74. The maximum Gasteiger partial charge on any atom is 0.256 e. The number of carbonyl (C=O) groups excluding carboxylic acids is 1. The lowest BCUT2D eigenvalue weighted by atomic mass is 10.0. The fourth-order valence-corrected chi connectivity index (χ4v) is 2.88. The maximum absolute atomic E-state index is 12.0. The number of aromatic nitrogens is 1. The first-order valence-electron chi connectivity index (χ1n) is 8.92. The molecule has 0 radical (unpaired) electrons. The molecule has 0 bridgehead atoms. The van der Waals surface area contributed by atoms with Crippen LogP contribution in [0.3, 0.4) is 0 Å². The average molecular weight is 361 g/mol. The minimum Gasteiger partial charge on any atom is -0.394 e. The number of hydrogen-bond acceptors (Lipinski definition) is 4. The number of aliphatic hydroxyl groups is 1. The van der Waals surface area contributed by atoms with E-state index in [2.05, 4.69) is 33.4 Å². The van der Waals surface area contributed by atoms with Crippen LogP contribution in [0, 0.1) is 0 Å². The van der Waals surface area contributed by atoms with Gasteiger partial charge in [0.2, 0.25) is 0 Å². The van der Waals surface area contributed by atoms with Crippen LogP contribution in [0.25, 0.3) is 0 Å². The standard InChI is InChI=1S/C22H23N3O2/c26-17-21(15-19-5-2-1-3-6-19)25-13-9-18(10-14-25)8-12-24-22(27)20-7-4-11-23-16-20/h1-13,16,21,26H,14-15,17H2,(H,24,27)/t21-/m0/s1. The van der Waals surface area contributed by atoms with Gasteiger partial charge in [0.15, 0.2) is 0 Å². The van der Waals surface area contributed by atoms with Crippen LogP contribution in [0.15, 0.2) is 91.1 Å². The van der Waals surface area contributed by atoms with Crippen LogP contribution in [0.2, 0.25) is 0 Å². The molecule has 1 aromatic heterocycles. The number of carbonyl (C=O) groups is 1. The van der Waals surface area contributed by atoms with Gasteiger partial charge in [-0.25, -0.2) is 0 Å². The van der Waals surface area contributed by atoms with Crippen molar-refractivity contribution >= 4 is 5.91 Å². The third-order valence-corrected chi connectivity index (χ3v) is 4.40. The van der Waals surface area contributed by atoms with Gasteiger partial charge in [0.1, 0.15) is 0 Å². The topological polar surface area (TPSA) is 65.5 Å². The van der Waals surface area contributed by atoms with Crippen molar-refractivity contribution in [2.75, 3.05) is 13.2 Å². The fraction of sp³-hybridized carbons (Fsp3) is 0.182. The van der Waals surface area contributed by atoms with E-state index >= 15 is 0 Å². The van der Waals surface area contributed by atoms with Gasteiger partial charge in [-0.05, 0) is 41.8 Å². The lowest BCUT2D eigenvalue weighted by Gasteiger charge is -2.30. The van der Waals surface area contributed by atoms with Crippen LogP contribution in [0.5, 0.6) is 0 Å². The summed E-state index contributed by atoms with van der Waals surface area (Å²) in [6, 6.07) is 13.7. The van der Waals surface area contributed by atoms with Crippen molar-refractivity contribution in [3.05, 3.63) is 102 Å². The number of nitrogens with zero attached hydrogens (tertiary/aromatic N) is 2. The van der Waals surface area contributed by atoms with Crippen LogP contribution in [0.1, 0.15) is 15.9 Å². The number of benzene rings is 1.